The van der Waals surface area contributed by atoms with Gasteiger partial charge in [-0.2, -0.15) is 0 Å². The third-order valence-corrected chi connectivity index (χ3v) is 4.71. The van der Waals surface area contributed by atoms with E-state index in [2.05, 4.69) is 40.0 Å². The van der Waals surface area contributed by atoms with Gasteiger partial charge in [0, 0.05) is 12.1 Å². The fourth-order valence-electron chi connectivity index (χ4n) is 3.32. The first-order valence-electron chi connectivity index (χ1n) is 9.14. The van der Waals surface area contributed by atoms with Crippen LogP contribution in [0.1, 0.15) is 23.1 Å². The molecule has 0 bridgehead atoms. The highest BCUT2D eigenvalue weighted by Gasteiger charge is 2.11. The number of rotatable bonds is 5. The summed E-state index contributed by atoms with van der Waals surface area (Å²) in [4.78, 5) is 17.2. The molecule has 0 aliphatic heterocycles. The van der Waals surface area contributed by atoms with Crippen molar-refractivity contribution in [3.63, 3.8) is 0 Å². The van der Waals surface area contributed by atoms with Crippen molar-refractivity contribution in [1.82, 2.24) is 14.9 Å². The zero-order chi connectivity index (χ0) is 18.6. The van der Waals surface area contributed by atoms with E-state index in [1.165, 1.54) is 0 Å². The van der Waals surface area contributed by atoms with Gasteiger partial charge in [-0.05, 0) is 42.3 Å². The van der Waals surface area contributed by atoms with Crippen molar-refractivity contribution in [3.05, 3.63) is 90.3 Å². The van der Waals surface area contributed by atoms with Crippen LogP contribution >= 0.6 is 0 Å². The van der Waals surface area contributed by atoms with E-state index in [0.29, 0.717) is 12.1 Å². The number of nitrogens with one attached hydrogen (secondary N) is 1. The number of fused-ring (bicyclic) bond motifs is 1. The van der Waals surface area contributed by atoms with E-state index < -0.39 is 0 Å². The molecular formula is C23H21N3O. The quantitative estimate of drug-likeness (QED) is 0.566. The number of hydrogen-bond acceptors (Lipinski definition) is 2. The molecule has 0 saturated heterocycles. The van der Waals surface area contributed by atoms with Crippen molar-refractivity contribution in [3.8, 4) is 11.1 Å². The predicted octanol–water partition coefficient (Wildman–Crippen LogP) is 4.65. The third-order valence-electron chi connectivity index (χ3n) is 4.71. The monoisotopic (exact) mass is 355 g/mol. The second-order valence-corrected chi connectivity index (χ2v) is 6.39. The lowest BCUT2D eigenvalue weighted by Crippen LogP contribution is -2.24. The van der Waals surface area contributed by atoms with E-state index in [9.17, 15) is 4.79 Å². The number of amides is 1. The molecule has 4 heteroatoms. The number of benzene rings is 3. The summed E-state index contributed by atoms with van der Waals surface area (Å²) in [6.45, 7) is 3.31. The lowest BCUT2D eigenvalue weighted by molar-refractivity contribution is 0.0949. The van der Waals surface area contributed by atoms with Gasteiger partial charge < -0.3 is 9.88 Å². The minimum absolute atomic E-state index is 0.0932. The van der Waals surface area contributed by atoms with Gasteiger partial charge in [-0.3, -0.25) is 4.79 Å². The Morgan fingerprint density at radius 2 is 1.56 bits per heavy atom. The second kappa shape index (κ2) is 7.46. The Labute approximate surface area is 158 Å². The second-order valence-electron chi connectivity index (χ2n) is 6.39. The molecule has 4 nitrogen and oxygen atoms in total. The summed E-state index contributed by atoms with van der Waals surface area (Å²) < 4.78 is 2.13. The molecule has 0 spiro atoms. The fourth-order valence-corrected chi connectivity index (χ4v) is 3.32. The van der Waals surface area contributed by atoms with Gasteiger partial charge in [0.15, 0.2) is 0 Å². The van der Waals surface area contributed by atoms with E-state index in [-0.39, 0.29) is 5.91 Å². The van der Waals surface area contributed by atoms with Crippen molar-refractivity contribution in [1.29, 1.82) is 0 Å². The van der Waals surface area contributed by atoms with Crippen molar-refractivity contribution < 1.29 is 4.79 Å². The first kappa shape index (κ1) is 17.0. The summed E-state index contributed by atoms with van der Waals surface area (Å²) in [5.41, 5.74) is 4.93. The molecule has 0 unspecified atom stereocenters. The molecule has 3 aromatic carbocycles. The first-order chi connectivity index (χ1) is 13.3. The lowest BCUT2D eigenvalue weighted by Gasteiger charge is -2.08. The maximum Gasteiger partial charge on any atom is 0.251 e. The molecule has 0 aliphatic carbocycles. The minimum atomic E-state index is -0.0932. The van der Waals surface area contributed by atoms with Crippen LogP contribution < -0.4 is 5.32 Å². The molecule has 1 aromatic heterocycles. The highest BCUT2D eigenvalue weighted by Crippen LogP contribution is 2.19. The maximum absolute atomic E-state index is 12.5. The number of aryl methyl sites for hydroxylation is 1. The van der Waals surface area contributed by atoms with E-state index in [4.69, 9.17) is 0 Å². The molecule has 1 amide bonds. The van der Waals surface area contributed by atoms with Crippen LogP contribution in [-0.4, -0.2) is 15.5 Å². The van der Waals surface area contributed by atoms with E-state index in [1.807, 2.05) is 60.7 Å². The Morgan fingerprint density at radius 1 is 0.889 bits per heavy atom. The molecule has 0 fully saturated rings. The number of nitrogens with zero attached hydrogens (tertiary/aromatic N) is 2. The molecule has 4 rings (SSSR count). The molecular weight excluding hydrogens is 334 g/mol. The Balaban J connectivity index is 1.48. The Kier molecular flexibility index (Phi) is 4.71. The molecule has 27 heavy (non-hydrogen) atoms. The molecule has 0 aliphatic rings. The summed E-state index contributed by atoms with van der Waals surface area (Å²) >= 11 is 0. The van der Waals surface area contributed by atoms with Crippen LogP contribution in [0.4, 0.5) is 0 Å². The zero-order valence-electron chi connectivity index (χ0n) is 15.2. The van der Waals surface area contributed by atoms with Crippen molar-refractivity contribution in [2.45, 2.75) is 20.0 Å². The summed E-state index contributed by atoms with van der Waals surface area (Å²) in [6.07, 6.45) is 0. The SMILES string of the molecule is CCn1c(CNC(=O)c2ccc(-c3ccccc3)cc2)nc2ccccc21. The highest BCUT2D eigenvalue weighted by molar-refractivity contribution is 5.94. The van der Waals surface area contributed by atoms with Crippen LogP contribution in [0.5, 0.6) is 0 Å². The zero-order valence-corrected chi connectivity index (χ0v) is 15.2. The molecule has 134 valence electrons. The van der Waals surface area contributed by atoms with Crippen LogP contribution in [0.25, 0.3) is 22.2 Å². The Bertz CT molecular complexity index is 1070. The van der Waals surface area contributed by atoms with E-state index >= 15 is 0 Å². The molecule has 4 aromatic rings. The number of imidazole rings is 1. The van der Waals surface area contributed by atoms with Crippen molar-refractivity contribution in [2.75, 3.05) is 0 Å². The average molecular weight is 355 g/mol. The van der Waals surface area contributed by atoms with Crippen molar-refractivity contribution in [2.24, 2.45) is 0 Å². The summed E-state index contributed by atoms with van der Waals surface area (Å²) in [5, 5.41) is 2.99. The van der Waals surface area contributed by atoms with E-state index in [1.54, 1.807) is 0 Å². The number of para-hydroxylation sites is 2. The predicted molar refractivity (Wildman–Crippen MR) is 108 cm³/mol. The largest absolute Gasteiger partial charge is 0.345 e. The van der Waals surface area contributed by atoms with Crippen LogP contribution in [0, 0.1) is 0 Å². The molecule has 1 heterocycles. The van der Waals surface area contributed by atoms with Crippen LogP contribution in [-0.2, 0) is 13.1 Å². The lowest BCUT2D eigenvalue weighted by atomic mass is 10.0. The van der Waals surface area contributed by atoms with Gasteiger partial charge in [-0.1, -0.05) is 54.6 Å². The third kappa shape index (κ3) is 3.47. The van der Waals surface area contributed by atoms with Gasteiger partial charge in [0.2, 0.25) is 0 Å². The average Bonchev–Trinajstić information content (AvgIpc) is 3.10. The first-order valence-corrected chi connectivity index (χ1v) is 9.14. The van der Waals surface area contributed by atoms with Gasteiger partial charge >= 0.3 is 0 Å². The smallest absolute Gasteiger partial charge is 0.251 e. The van der Waals surface area contributed by atoms with Crippen LogP contribution in [0.15, 0.2) is 78.9 Å². The Morgan fingerprint density at radius 3 is 2.30 bits per heavy atom. The van der Waals surface area contributed by atoms with Gasteiger partial charge in [-0.15, -0.1) is 0 Å². The standard InChI is InChI=1S/C23H21N3O/c1-2-26-21-11-7-6-10-20(21)25-22(26)16-24-23(27)19-14-12-18(13-15-19)17-8-4-3-5-9-17/h3-15H,2,16H2,1H3,(H,24,27). The Hall–Kier alpha value is -3.40. The van der Waals surface area contributed by atoms with Crippen LogP contribution in [0.2, 0.25) is 0 Å². The summed E-state index contributed by atoms with van der Waals surface area (Å²) in [6, 6.07) is 25.8. The topological polar surface area (TPSA) is 46.9 Å². The van der Waals surface area contributed by atoms with Crippen molar-refractivity contribution >= 4 is 16.9 Å². The van der Waals surface area contributed by atoms with Crippen LogP contribution in [0.3, 0.4) is 0 Å². The molecule has 1 N–H and O–H groups in total. The van der Waals surface area contributed by atoms with Gasteiger partial charge in [0.1, 0.15) is 5.82 Å². The number of aromatic nitrogens is 2. The molecule has 0 radical (unpaired) electrons. The van der Waals surface area contributed by atoms with Gasteiger partial charge in [-0.25, -0.2) is 4.98 Å². The van der Waals surface area contributed by atoms with Gasteiger partial charge in [0.05, 0.1) is 17.6 Å². The molecule has 0 atom stereocenters. The number of carbonyl (C=O) groups excluding carboxylic acids is 1. The minimum Gasteiger partial charge on any atom is -0.345 e. The number of carbonyl (C=O) groups is 1. The number of hydrogen-bond donors (Lipinski definition) is 1. The van der Waals surface area contributed by atoms with Gasteiger partial charge in [0.25, 0.3) is 5.91 Å². The highest BCUT2D eigenvalue weighted by atomic mass is 16.1. The fraction of sp³-hybridized carbons (Fsp3) is 0.130. The normalized spacial score (nSPS) is 10.9. The summed E-state index contributed by atoms with van der Waals surface area (Å²) in [5.74, 6) is 0.775. The summed E-state index contributed by atoms with van der Waals surface area (Å²) in [7, 11) is 0. The van der Waals surface area contributed by atoms with E-state index in [0.717, 1.165) is 34.5 Å². The molecule has 0 saturated carbocycles. The maximum atomic E-state index is 12.5.